The van der Waals surface area contributed by atoms with Crippen LogP contribution in [0.1, 0.15) is 44.2 Å². The van der Waals surface area contributed by atoms with Crippen molar-refractivity contribution in [2.45, 2.75) is 69.1 Å². The normalized spacial score (nSPS) is 17.6. The van der Waals surface area contributed by atoms with Gasteiger partial charge in [-0.25, -0.2) is 9.78 Å². The van der Waals surface area contributed by atoms with E-state index in [0.29, 0.717) is 12.1 Å². The molecule has 1 saturated heterocycles. The van der Waals surface area contributed by atoms with Crippen LogP contribution in [0.25, 0.3) is 0 Å². The Morgan fingerprint density at radius 1 is 1.11 bits per heavy atom. The van der Waals surface area contributed by atoms with Crippen molar-refractivity contribution in [3.05, 3.63) is 18.2 Å². The van der Waals surface area contributed by atoms with Gasteiger partial charge in [0.2, 0.25) is 23.6 Å². The summed E-state index contributed by atoms with van der Waals surface area (Å²) in [6.45, 7) is 0.191. The highest BCUT2D eigenvalue weighted by Gasteiger charge is 2.39. The first-order valence-electron chi connectivity index (χ1n) is 11.4. The summed E-state index contributed by atoms with van der Waals surface area (Å²) in [4.78, 5) is 80.1. The number of hydrogen-bond acceptors (Lipinski definition) is 8. The minimum absolute atomic E-state index is 0.00255. The number of nitrogens with zero attached hydrogens (tertiary/aromatic N) is 2. The number of aliphatic carboxylic acids is 2. The van der Waals surface area contributed by atoms with Gasteiger partial charge >= 0.3 is 11.9 Å². The fourth-order valence-electron chi connectivity index (χ4n) is 3.82. The van der Waals surface area contributed by atoms with E-state index in [1.165, 1.54) is 17.4 Å². The Hall–Kier alpha value is -4.01. The second-order valence-corrected chi connectivity index (χ2v) is 8.48. The number of primary amides is 1. The van der Waals surface area contributed by atoms with Gasteiger partial charge in [-0.2, -0.15) is 0 Å². The number of carboxylic acid groups (broad SMARTS) is 2. The molecular weight excluding hydrogens is 478 g/mol. The van der Waals surface area contributed by atoms with Gasteiger partial charge in [-0.1, -0.05) is 0 Å². The molecule has 0 aromatic carbocycles. The number of hydrogen-bond donors (Lipinski definition) is 7. The summed E-state index contributed by atoms with van der Waals surface area (Å²) in [6.07, 6.45) is 2.66. The lowest BCUT2D eigenvalue weighted by molar-refractivity contribution is -0.145. The number of nitrogens with one attached hydrogen (secondary N) is 3. The van der Waals surface area contributed by atoms with Crippen molar-refractivity contribution in [3.63, 3.8) is 0 Å². The van der Waals surface area contributed by atoms with Gasteiger partial charge in [0.25, 0.3) is 0 Å². The van der Waals surface area contributed by atoms with E-state index >= 15 is 0 Å². The van der Waals surface area contributed by atoms with Crippen molar-refractivity contribution in [3.8, 4) is 0 Å². The van der Waals surface area contributed by atoms with Gasteiger partial charge in [-0.3, -0.25) is 24.0 Å². The Bertz CT molecular complexity index is 967. The second-order valence-electron chi connectivity index (χ2n) is 8.48. The molecule has 198 valence electrons. The van der Waals surface area contributed by atoms with Crippen LogP contribution in [-0.4, -0.2) is 91.4 Å². The van der Waals surface area contributed by atoms with Crippen molar-refractivity contribution < 1.29 is 39.0 Å². The molecule has 36 heavy (non-hydrogen) atoms. The van der Waals surface area contributed by atoms with Crippen molar-refractivity contribution in [1.29, 1.82) is 0 Å². The van der Waals surface area contributed by atoms with E-state index in [2.05, 4.69) is 20.6 Å². The van der Waals surface area contributed by atoms with Gasteiger partial charge in [0.15, 0.2) is 0 Å². The van der Waals surface area contributed by atoms with E-state index in [0.717, 1.165) is 0 Å². The van der Waals surface area contributed by atoms with Gasteiger partial charge in [0.05, 0.1) is 12.4 Å². The van der Waals surface area contributed by atoms with Gasteiger partial charge in [-0.05, 0) is 25.7 Å². The summed E-state index contributed by atoms with van der Waals surface area (Å²) in [5.74, 6) is -5.21. The van der Waals surface area contributed by atoms with Crippen LogP contribution in [0.5, 0.6) is 0 Å². The smallest absolute Gasteiger partial charge is 0.326 e. The molecule has 4 atom stereocenters. The highest BCUT2D eigenvalue weighted by atomic mass is 16.4. The molecule has 0 aliphatic carbocycles. The van der Waals surface area contributed by atoms with Gasteiger partial charge < -0.3 is 42.2 Å². The molecule has 1 aliphatic rings. The van der Waals surface area contributed by atoms with E-state index in [-0.39, 0.29) is 45.1 Å². The molecule has 9 N–H and O–H groups in total. The summed E-state index contributed by atoms with van der Waals surface area (Å²) in [7, 11) is 0. The van der Waals surface area contributed by atoms with Crippen LogP contribution in [-0.2, 0) is 35.2 Å². The van der Waals surface area contributed by atoms with Crippen molar-refractivity contribution >= 4 is 35.6 Å². The van der Waals surface area contributed by atoms with E-state index in [4.69, 9.17) is 16.6 Å². The van der Waals surface area contributed by atoms with E-state index < -0.39 is 59.7 Å². The van der Waals surface area contributed by atoms with Crippen LogP contribution < -0.4 is 22.1 Å². The average molecular weight is 510 g/mol. The first kappa shape index (κ1) is 28.2. The predicted octanol–water partition coefficient (Wildman–Crippen LogP) is -2.54. The molecule has 2 heterocycles. The first-order chi connectivity index (χ1) is 17.0. The molecule has 0 saturated carbocycles. The number of nitrogens with two attached hydrogens (primary N) is 2. The number of rotatable bonds is 14. The van der Waals surface area contributed by atoms with Crippen molar-refractivity contribution in [2.24, 2.45) is 11.5 Å². The van der Waals surface area contributed by atoms with Gasteiger partial charge in [0.1, 0.15) is 18.1 Å². The number of amides is 4. The summed E-state index contributed by atoms with van der Waals surface area (Å²) in [5, 5.41) is 23.1. The quantitative estimate of drug-likeness (QED) is 0.138. The van der Waals surface area contributed by atoms with Crippen LogP contribution in [0.2, 0.25) is 0 Å². The SMILES string of the molecule is NC(=O)CCC(NC(=O)C1CCCN1C(=O)C(Cc1cnc[nH]1)NC(=O)C(N)CCC(=O)O)C(=O)O. The number of H-pyrrole nitrogens is 1. The zero-order chi connectivity index (χ0) is 26.8. The molecule has 1 fully saturated rings. The third-order valence-corrected chi connectivity index (χ3v) is 5.73. The minimum atomic E-state index is -1.37. The monoisotopic (exact) mass is 509 g/mol. The van der Waals surface area contributed by atoms with Gasteiger partial charge in [0, 0.05) is 37.7 Å². The fraction of sp³-hybridized carbons (Fsp3) is 0.571. The van der Waals surface area contributed by atoms with E-state index in [9.17, 15) is 33.9 Å². The predicted molar refractivity (Wildman–Crippen MR) is 122 cm³/mol. The van der Waals surface area contributed by atoms with Crippen LogP contribution >= 0.6 is 0 Å². The van der Waals surface area contributed by atoms with Crippen LogP contribution in [0.3, 0.4) is 0 Å². The van der Waals surface area contributed by atoms with E-state index in [1.807, 2.05) is 0 Å². The number of carbonyl (C=O) groups is 6. The zero-order valence-corrected chi connectivity index (χ0v) is 19.5. The molecule has 1 aliphatic heterocycles. The third kappa shape index (κ3) is 8.33. The Kier molecular flexibility index (Phi) is 10.3. The zero-order valence-electron chi connectivity index (χ0n) is 19.5. The highest BCUT2D eigenvalue weighted by molar-refractivity contribution is 5.94. The lowest BCUT2D eigenvalue weighted by Crippen LogP contribution is -2.57. The molecule has 0 radical (unpaired) electrons. The number of carbonyl (C=O) groups excluding carboxylic acids is 4. The van der Waals surface area contributed by atoms with Crippen LogP contribution in [0.15, 0.2) is 12.5 Å². The Labute approximate surface area is 206 Å². The fourth-order valence-corrected chi connectivity index (χ4v) is 3.82. The molecule has 4 amide bonds. The molecule has 4 unspecified atom stereocenters. The molecule has 0 bridgehead atoms. The number of imidazole rings is 1. The maximum absolute atomic E-state index is 13.4. The number of aromatic nitrogens is 2. The first-order valence-corrected chi connectivity index (χ1v) is 11.4. The Morgan fingerprint density at radius 2 is 1.83 bits per heavy atom. The molecular formula is C21H31N7O8. The summed E-state index contributed by atoms with van der Waals surface area (Å²) in [5.41, 5.74) is 11.4. The maximum atomic E-state index is 13.4. The molecule has 0 spiro atoms. The highest BCUT2D eigenvalue weighted by Crippen LogP contribution is 2.20. The summed E-state index contributed by atoms with van der Waals surface area (Å²) >= 11 is 0. The second kappa shape index (κ2) is 13.2. The molecule has 1 aromatic rings. The molecule has 15 nitrogen and oxygen atoms in total. The molecule has 1 aromatic heterocycles. The topological polar surface area (TPSA) is 251 Å². The molecule has 2 rings (SSSR count). The van der Waals surface area contributed by atoms with Crippen molar-refractivity contribution in [2.75, 3.05) is 6.54 Å². The summed E-state index contributed by atoms with van der Waals surface area (Å²) < 4.78 is 0. The van der Waals surface area contributed by atoms with Crippen LogP contribution in [0, 0.1) is 0 Å². The standard InChI is InChI=1S/C21H31N7O8/c22-12(3-6-17(30)31)18(32)27-14(8-11-9-24-10-25-11)20(34)28-7-1-2-15(28)19(33)26-13(21(35)36)4-5-16(23)29/h9-10,12-15H,1-8,22H2,(H2,23,29)(H,24,25)(H,26,33)(H,27,32)(H,30,31)(H,35,36). The average Bonchev–Trinajstić information content (AvgIpc) is 3.50. The Morgan fingerprint density at radius 3 is 2.42 bits per heavy atom. The number of aromatic amines is 1. The maximum Gasteiger partial charge on any atom is 0.326 e. The third-order valence-electron chi connectivity index (χ3n) is 5.73. The minimum Gasteiger partial charge on any atom is -0.481 e. The number of likely N-dealkylation sites (tertiary alicyclic amines) is 1. The van der Waals surface area contributed by atoms with Crippen LogP contribution in [0.4, 0.5) is 0 Å². The molecule has 15 heteroatoms. The van der Waals surface area contributed by atoms with E-state index in [1.54, 1.807) is 0 Å². The largest absolute Gasteiger partial charge is 0.481 e. The summed E-state index contributed by atoms with van der Waals surface area (Å²) in [6, 6.07) is -4.67. The van der Waals surface area contributed by atoms with Gasteiger partial charge in [-0.15, -0.1) is 0 Å². The Balaban J connectivity index is 2.14. The lowest BCUT2D eigenvalue weighted by atomic mass is 10.1. The lowest BCUT2D eigenvalue weighted by Gasteiger charge is -2.29. The number of carboxylic acids is 2. The van der Waals surface area contributed by atoms with Crippen molar-refractivity contribution in [1.82, 2.24) is 25.5 Å².